The number of nitrogens with zero attached hydrogens (tertiary/aromatic N) is 1. The Hall–Kier alpha value is -2.14. The van der Waals surface area contributed by atoms with Gasteiger partial charge in [-0.25, -0.2) is 4.79 Å². The van der Waals surface area contributed by atoms with Crippen LogP contribution in [0.1, 0.15) is 6.42 Å². The van der Waals surface area contributed by atoms with Gasteiger partial charge in [-0.15, -0.1) is 0 Å². The molecule has 1 fully saturated rings. The molecule has 1 aromatic carbocycles. The highest BCUT2D eigenvalue weighted by atomic mass is 19.4. The topological polar surface area (TPSA) is 68.2 Å². The molecule has 1 saturated heterocycles. The van der Waals surface area contributed by atoms with E-state index < -0.39 is 43.4 Å². The number of ether oxygens (including phenoxy) is 3. The molecule has 6 nitrogen and oxygen atoms in total. The highest BCUT2D eigenvalue weighted by Gasteiger charge is 2.61. The maximum Gasteiger partial charge on any atom is 0.456 e. The molecule has 0 spiro atoms. The van der Waals surface area contributed by atoms with E-state index in [1.807, 2.05) is 0 Å². The van der Waals surface area contributed by atoms with E-state index in [0.717, 1.165) is 0 Å². The van der Waals surface area contributed by atoms with Gasteiger partial charge in [-0.05, 0) is 24.3 Å². The molecule has 152 valence electrons. The van der Waals surface area contributed by atoms with Gasteiger partial charge in [0.05, 0.1) is 19.8 Å². The van der Waals surface area contributed by atoms with Crippen molar-refractivity contribution in [1.29, 1.82) is 0 Å². The second-order valence-corrected chi connectivity index (χ2v) is 5.84. The van der Waals surface area contributed by atoms with Gasteiger partial charge < -0.3 is 19.3 Å². The first-order chi connectivity index (χ1) is 12.6. The smallest absolute Gasteiger partial charge is 0.456 e. The molecule has 0 saturated carbocycles. The second-order valence-electron chi connectivity index (χ2n) is 5.84. The van der Waals surface area contributed by atoms with Crippen LogP contribution >= 0.6 is 0 Å². The number of halogens is 5. The molecule has 0 aromatic heterocycles. The number of methoxy groups -OCH3 is 1. The van der Waals surface area contributed by atoms with E-state index in [1.54, 1.807) is 0 Å². The Balaban J connectivity index is 1.87. The monoisotopic (exact) mass is 399 g/mol. The van der Waals surface area contributed by atoms with Gasteiger partial charge >= 0.3 is 18.2 Å². The first-order valence-corrected chi connectivity index (χ1v) is 7.89. The van der Waals surface area contributed by atoms with Gasteiger partial charge in [0.1, 0.15) is 18.0 Å². The number of aliphatic hydroxyl groups excluding tert-OH is 1. The lowest BCUT2D eigenvalue weighted by atomic mass is 10.1. The lowest BCUT2D eigenvalue weighted by molar-refractivity contribution is -0.313. The molecule has 2 atom stereocenters. The van der Waals surface area contributed by atoms with Crippen LogP contribution in [0.3, 0.4) is 0 Å². The summed E-state index contributed by atoms with van der Waals surface area (Å²) in [6.07, 6.45) is -10.6. The molecule has 1 heterocycles. The molecule has 11 heteroatoms. The van der Waals surface area contributed by atoms with Crippen molar-refractivity contribution < 1.29 is 46.1 Å². The van der Waals surface area contributed by atoms with Crippen LogP contribution in [0.2, 0.25) is 0 Å². The minimum Gasteiger partial charge on any atom is -0.493 e. The quantitative estimate of drug-likeness (QED) is 0.681. The van der Waals surface area contributed by atoms with Crippen LogP contribution in [0, 0.1) is 0 Å². The van der Waals surface area contributed by atoms with Crippen LogP contribution in [0.15, 0.2) is 24.3 Å². The third-order valence-corrected chi connectivity index (χ3v) is 3.83. The molecule has 0 aliphatic carbocycles. The molecule has 1 unspecified atom stereocenters. The van der Waals surface area contributed by atoms with E-state index in [9.17, 15) is 26.7 Å². The molecule has 1 amide bonds. The van der Waals surface area contributed by atoms with Crippen molar-refractivity contribution in [2.75, 3.05) is 31.8 Å². The molecule has 1 aliphatic heterocycles. The number of hydrogen-bond donors (Lipinski definition) is 1. The predicted octanol–water partition coefficient (Wildman–Crippen LogP) is 2.99. The number of hydrogen-bond acceptors (Lipinski definition) is 5. The summed E-state index contributed by atoms with van der Waals surface area (Å²) in [6.45, 7) is -0.0201. The Kier molecular flexibility index (Phi) is 6.47. The zero-order valence-corrected chi connectivity index (χ0v) is 14.2. The summed E-state index contributed by atoms with van der Waals surface area (Å²) < 4.78 is 77.3. The van der Waals surface area contributed by atoms with Crippen LogP contribution in [0.5, 0.6) is 5.75 Å². The second kappa shape index (κ2) is 8.26. The van der Waals surface area contributed by atoms with Crippen LogP contribution in [-0.2, 0) is 9.47 Å². The predicted molar refractivity (Wildman–Crippen MR) is 83.1 cm³/mol. The van der Waals surface area contributed by atoms with E-state index in [0.29, 0.717) is 5.69 Å². The lowest BCUT2D eigenvalue weighted by Crippen LogP contribution is -2.47. The number of cyclic esters (lactones) is 1. The van der Waals surface area contributed by atoms with Crippen molar-refractivity contribution in [3.05, 3.63) is 24.3 Å². The fraction of sp³-hybridized carbons (Fsp3) is 0.562. The molecular formula is C16H18F5NO5. The zero-order chi connectivity index (χ0) is 20.2. The zero-order valence-electron chi connectivity index (χ0n) is 14.2. The van der Waals surface area contributed by atoms with Crippen molar-refractivity contribution in [2.45, 2.75) is 30.7 Å². The summed E-state index contributed by atoms with van der Waals surface area (Å²) in [6, 6.07) is 5.85. The number of carbonyl (C=O) groups excluding carboxylic acids is 1. The SMILES string of the molecule is COC[C@H]1CN(c2ccc(OCCC(O)C(F)(F)C(F)(F)F)cc2)C(=O)O1. The maximum absolute atomic E-state index is 12.9. The number of amides is 1. The standard InChI is InChI=1S/C16H18F5NO5/c1-25-9-12-8-22(14(24)27-12)10-2-4-11(5-3-10)26-7-6-13(23)15(17,18)16(19,20)21/h2-5,12-13,23H,6-9H2,1H3/t12-,13?/m1/s1. The van der Waals surface area contributed by atoms with Crippen LogP contribution in [-0.4, -0.2) is 62.4 Å². The molecular weight excluding hydrogens is 381 g/mol. The van der Waals surface area contributed by atoms with Crippen molar-refractivity contribution in [2.24, 2.45) is 0 Å². The molecule has 1 aliphatic rings. The Morgan fingerprint density at radius 3 is 2.44 bits per heavy atom. The maximum atomic E-state index is 12.9. The van der Waals surface area contributed by atoms with Gasteiger partial charge in [0.15, 0.2) is 0 Å². The van der Waals surface area contributed by atoms with Gasteiger partial charge in [-0.2, -0.15) is 22.0 Å². The van der Waals surface area contributed by atoms with Gasteiger partial charge in [-0.3, -0.25) is 4.90 Å². The first kappa shape index (κ1) is 21.2. The number of anilines is 1. The minimum absolute atomic E-state index is 0.183. The van der Waals surface area contributed by atoms with E-state index in [1.165, 1.54) is 36.3 Å². The van der Waals surface area contributed by atoms with Crippen LogP contribution < -0.4 is 9.64 Å². The van der Waals surface area contributed by atoms with E-state index in [-0.39, 0.29) is 18.9 Å². The van der Waals surface area contributed by atoms with Gasteiger partial charge in [-0.1, -0.05) is 0 Å². The number of aliphatic hydroxyl groups is 1. The largest absolute Gasteiger partial charge is 0.493 e. The molecule has 27 heavy (non-hydrogen) atoms. The molecule has 0 bridgehead atoms. The summed E-state index contributed by atoms with van der Waals surface area (Å²) in [5.74, 6) is -5.03. The summed E-state index contributed by atoms with van der Waals surface area (Å²) in [5.41, 5.74) is 0.495. The van der Waals surface area contributed by atoms with E-state index >= 15 is 0 Å². The van der Waals surface area contributed by atoms with Crippen LogP contribution in [0.25, 0.3) is 0 Å². The molecule has 1 N–H and O–H groups in total. The number of alkyl halides is 5. The molecule has 1 aromatic rings. The Morgan fingerprint density at radius 2 is 1.89 bits per heavy atom. The van der Waals surface area contributed by atoms with Gasteiger partial charge in [0.25, 0.3) is 0 Å². The van der Waals surface area contributed by atoms with Crippen molar-refractivity contribution >= 4 is 11.8 Å². The summed E-state index contributed by atoms with van der Waals surface area (Å²) in [7, 11) is 1.48. The van der Waals surface area contributed by atoms with E-state index in [4.69, 9.17) is 19.3 Å². The highest BCUT2D eigenvalue weighted by molar-refractivity contribution is 5.89. The van der Waals surface area contributed by atoms with Crippen molar-refractivity contribution in [1.82, 2.24) is 0 Å². The lowest BCUT2D eigenvalue weighted by Gasteiger charge is -2.24. The first-order valence-electron chi connectivity index (χ1n) is 7.89. The average molecular weight is 399 g/mol. The summed E-state index contributed by atoms with van der Waals surface area (Å²) in [4.78, 5) is 13.2. The number of carbonyl (C=O) groups is 1. The fourth-order valence-corrected chi connectivity index (χ4v) is 2.39. The number of benzene rings is 1. The van der Waals surface area contributed by atoms with Crippen molar-refractivity contribution in [3.63, 3.8) is 0 Å². The Labute approximate surface area is 151 Å². The average Bonchev–Trinajstić information content (AvgIpc) is 2.95. The summed E-state index contributed by atoms with van der Waals surface area (Å²) in [5, 5.41) is 9.06. The molecule has 0 radical (unpaired) electrons. The molecule has 2 rings (SSSR count). The Morgan fingerprint density at radius 1 is 1.26 bits per heavy atom. The van der Waals surface area contributed by atoms with Gasteiger partial charge in [0, 0.05) is 19.2 Å². The normalized spacial score (nSPS) is 19.1. The third-order valence-electron chi connectivity index (χ3n) is 3.83. The van der Waals surface area contributed by atoms with Crippen molar-refractivity contribution in [3.8, 4) is 5.75 Å². The summed E-state index contributed by atoms with van der Waals surface area (Å²) >= 11 is 0. The Bertz CT molecular complexity index is 637. The van der Waals surface area contributed by atoms with Crippen LogP contribution in [0.4, 0.5) is 32.4 Å². The highest BCUT2D eigenvalue weighted by Crippen LogP contribution is 2.39. The minimum atomic E-state index is -5.83. The number of rotatable bonds is 8. The van der Waals surface area contributed by atoms with E-state index in [2.05, 4.69) is 0 Å². The third kappa shape index (κ3) is 4.98. The fourth-order valence-electron chi connectivity index (χ4n) is 2.39. The van der Waals surface area contributed by atoms with Gasteiger partial charge in [0.2, 0.25) is 0 Å².